The van der Waals surface area contributed by atoms with Gasteiger partial charge < -0.3 is 15.8 Å². The molecular weight excluding hydrogens is 287 g/mol. The summed E-state index contributed by atoms with van der Waals surface area (Å²) in [6, 6.07) is 4.53. The first-order valence-electron chi connectivity index (χ1n) is 6.15. The van der Waals surface area contributed by atoms with Gasteiger partial charge in [-0.15, -0.1) is 0 Å². The van der Waals surface area contributed by atoms with E-state index >= 15 is 0 Å². The predicted octanol–water partition coefficient (Wildman–Crippen LogP) is 1.97. The molecule has 0 heterocycles. The number of nitrogens with two attached hydrogens (primary N) is 1. The topological polar surface area (TPSA) is 81.4 Å². The number of hydrogen-bond donors (Lipinski definition) is 2. The van der Waals surface area contributed by atoms with Gasteiger partial charge in [-0.1, -0.05) is 23.7 Å². The Hall–Kier alpha value is -1.82. The van der Waals surface area contributed by atoms with E-state index in [0.29, 0.717) is 0 Å². The maximum Gasteiger partial charge on any atom is 0.405 e. The second-order valence-electron chi connectivity index (χ2n) is 4.63. The Kier molecular flexibility index (Phi) is 4.44. The van der Waals surface area contributed by atoms with Crippen LogP contribution in [0.4, 0.5) is 9.18 Å². The Morgan fingerprint density at radius 3 is 2.80 bits per heavy atom. The smallest absolute Gasteiger partial charge is 0.405 e. The van der Waals surface area contributed by atoms with Crippen LogP contribution in [0.1, 0.15) is 18.4 Å². The summed E-state index contributed by atoms with van der Waals surface area (Å²) < 4.78 is 18.4. The number of carbonyl (C=O) groups excluding carboxylic acids is 2. The molecule has 0 unspecified atom stereocenters. The second-order valence-corrected chi connectivity index (χ2v) is 5.03. The Labute approximate surface area is 120 Å². The number of amides is 2. The highest BCUT2D eigenvalue weighted by Gasteiger charge is 2.38. The predicted molar refractivity (Wildman–Crippen MR) is 70.4 cm³/mol. The summed E-state index contributed by atoms with van der Waals surface area (Å²) in [6.07, 6.45) is -0.297. The van der Waals surface area contributed by atoms with E-state index in [9.17, 15) is 14.0 Å². The summed E-state index contributed by atoms with van der Waals surface area (Å²) in [7, 11) is 0. The average molecular weight is 301 g/mol. The van der Waals surface area contributed by atoms with Crippen LogP contribution in [0, 0.1) is 11.7 Å². The van der Waals surface area contributed by atoms with E-state index in [0.717, 1.165) is 12.8 Å². The standard InChI is InChI=1S/C13H14ClFN2O3/c14-9-3-1-2-8(10(9)15)6-17-12(18)11(7-4-5-7)20-13(16)19/h1-3,7,11H,4-6H2,(H2,16,19)(H,17,18)/t11-/m0/s1. The van der Waals surface area contributed by atoms with E-state index < -0.39 is 23.9 Å². The number of ether oxygens (including phenoxy) is 1. The van der Waals surface area contributed by atoms with Gasteiger partial charge in [0.1, 0.15) is 5.82 Å². The SMILES string of the molecule is NC(=O)O[C@H](C(=O)NCc1cccc(Cl)c1F)C1CC1. The minimum Gasteiger partial charge on any atom is -0.436 e. The van der Waals surface area contributed by atoms with Gasteiger partial charge in [-0.05, 0) is 18.9 Å². The van der Waals surface area contributed by atoms with Crippen molar-refractivity contribution in [2.24, 2.45) is 11.7 Å². The third-order valence-electron chi connectivity index (χ3n) is 3.04. The van der Waals surface area contributed by atoms with Crippen LogP contribution in [-0.2, 0) is 16.1 Å². The van der Waals surface area contributed by atoms with Gasteiger partial charge in [-0.25, -0.2) is 9.18 Å². The lowest BCUT2D eigenvalue weighted by Gasteiger charge is -2.16. The van der Waals surface area contributed by atoms with Crippen molar-refractivity contribution in [1.29, 1.82) is 0 Å². The first-order valence-corrected chi connectivity index (χ1v) is 6.53. The molecule has 3 N–H and O–H groups in total. The molecule has 1 aromatic rings. The summed E-state index contributed by atoms with van der Waals surface area (Å²) >= 11 is 5.65. The van der Waals surface area contributed by atoms with E-state index in [-0.39, 0.29) is 23.0 Å². The lowest BCUT2D eigenvalue weighted by Crippen LogP contribution is -2.40. The van der Waals surface area contributed by atoms with E-state index in [1.165, 1.54) is 12.1 Å². The van der Waals surface area contributed by atoms with Crippen molar-refractivity contribution in [2.75, 3.05) is 0 Å². The molecule has 1 fully saturated rings. The number of carbonyl (C=O) groups is 2. The molecule has 1 atom stereocenters. The molecule has 20 heavy (non-hydrogen) atoms. The van der Waals surface area contributed by atoms with Crippen molar-refractivity contribution >= 4 is 23.6 Å². The van der Waals surface area contributed by atoms with Crippen molar-refractivity contribution in [3.05, 3.63) is 34.6 Å². The van der Waals surface area contributed by atoms with Crippen molar-refractivity contribution < 1.29 is 18.7 Å². The van der Waals surface area contributed by atoms with Crippen LogP contribution in [0.5, 0.6) is 0 Å². The highest BCUT2D eigenvalue weighted by molar-refractivity contribution is 6.30. The lowest BCUT2D eigenvalue weighted by molar-refractivity contribution is -0.130. The average Bonchev–Trinajstić information content (AvgIpc) is 3.21. The fourth-order valence-electron chi connectivity index (χ4n) is 1.86. The zero-order valence-corrected chi connectivity index (χ0v) is 11.3. The van der Waals surface area contributed by atoms with E-state index in [1.54, 1.807) is 6.07 Å². The first kappa shape index (κ1) is 14.6. The molecule has 1 aromatic carbocycles. The molecule has 5 nitrogen and oxygen atoms in total. The van der Waals surface area contributed by atoms with Gasteiger partial charge in [-0.3, -0.25) is 4.79 Å². The molecule has 0 bridgehead atoms. The molecule has 0 spiro atoms. The Bertz CT molecular complexity index is 534. The largest absolute Gasteiger partial charge is 0.436 e. The van der Waals surface area contributed by atoms with E-state index in [2.05, 4.69) is 5.32 Å². The van der Waals surface area contributed by atoms with Crippen LogP contribution in [0.15, 0.2) is 18.2 Å². The Morgan fingerprint density at radius 1 is 1.50 bits per heavy atom. The third kappa shape index (κ3) is 3.60. The molecule has 108 valence electrons. The molecule has 0 radical (unpaired) electrons. The minimum absolute atomic E-state index is 0.00768. The van der Waals surface area contributed by atoms with Crippen LogP contribution in [0.2, 0.25) is 5.02 Å². The van der Waals surface area contributed by atoms with E-state index in [4.69, 9.17) is 22.1 Å². The van der Waals surface area contributed by atoms with E-state index in [1.807, 2.05) is 0 Å². The summed E-state index contributed by atoms with van der Waals surface area (Å²) in [5.41, 5.74) is 5.19. The van der Waals surface area contributed by atoms with Gasteiger partial charge >= 0.3 is 6.09 Å². The highest BCUT2D eigenvalue weighted by Crippen LogP contribution is 2.34. The number of benzene rings is 1. The fourth-order valence-corrected chi connectivity index (χ4v) is 2.05. The van der Waals surface area contributed by atoms with Crippen LogP contribution < -0.4 is 11.1 Å². The minimum atomic E-state index is -0.994. The summed E-state index contributed by atoms with van der Waals surface area (Å²) in [5, 5.41) is 2.51. The molecule has 0 saturated heterocycles. The number of hydrogen-bond acceptors (Lipinski definition) is 3. The van der Waals surface area contributed by atoms with Crippen molar-refractivity contribution in [3.63, 3.8) is 0 Å². The first-order chi connectivity index (χ1) is 9.49. The summed E-state index contributed by atoms with van der Waals surface area (Å²) in [6.45, 7) is -0.0312. The number of halogens is 2. The molecular formula is C13H14ClFN2O3. The molecule has 2 rings (SSSR count). The number of rotatable bonds is 5. The molecule has 7 heteroatoms. The molecule has 1 aliphatic rings. The second kappa shape index (κ2) is 6.09. The van der Waals surface area contributed by atoms with Crippen molar-refractivity contribution in [1.82, 2.24) is 5.32 Å². The lowest BCUT2D eigenvalue weighted by atomic mass is 10.2. The van der Waals surface area contributed by atoms with Gasteiger partial charge in [-0.2, -0.15) is 0 Å². The molecule has 0 aliphatic heterocycles. The molecule has 2 amide bonds. The van der Waals surface area contributed by atoms with Gasteiger partial charge in [0.05, 0.1) is 5.02 Å². The molecule has 0 aromatic heterocycles. The third-order valence-corrected chi connectivity index (χ3v) is 3.33. The fraction of sp³-hybridized carbons (Fsp3) is 0.385. The quantitative estimate of drug-likeness (QED) is 0.872. The molecule has 1 saturated carbocycles. The monoisotopic (exact) mass is 300 g/mol. The highest BCUT2D eigenvalue weighted by atomic mass is 35.5. The van der Waals surface area contributed by atoms with Crippen molar-refractivity contribution in [3.8, 4) is 0 Å². The normalized spacial score (nSPS) is 15.5. The zero-order valence-electron chi connectivity index (χ0n) is 10.6. The Balaban J connectivity index is 1.96. The van der Waals surface area contributed by atoms with Crippen LogP contribution in [-0.4, -0.2) is 18.1 Å². The molecule has 1 aliphatic carbocycles. The van der Waals surface area contributed by atoms with Crippen LogP contribution in [0.25, 0.3) is 0 Å². The number of nitrogens with one attached hydrogen (secondary N) is 1. The maximum atomic E-state index is 13.6. The van der Waals surface area contributed by atoms with Gasteiger partial charge in [0.15, 0.2) is 6.10 Å². The van der Waals surface area contributed by atoms with Crippen LogP contribution >= 0.6 is 11.6 Å². The summed E-state index contributed by atoms with van der Waals surface area (Å²) in [5.74, 6) is -1.06. The van der Waals surface area contributed by atoms with Crippen LogP contribution in [0.3, 0.4) is 0 Å². The van der Waals surface area contributed by atoms with Crippen molar-refractivity contribution in [2.45, 2.75) is 25.5 Å². The number of primary amides is 1. The van der Waals surface area contributed by atoms with Gasteiger partial charge in [0, 0.05) is 18.0 Å². The zero-order chi connectivity index (χ0) is 14.7. The van der Waals surface area contributed by atoms with Gasteiger partial charge in [0.25, 0.3) is 5.91 Å². The Morgan fingerprint density at radius 2 is 2.20 bits per heavy atom. The summed E-state index contributed by atoms with van der Waals surface area (Å²) in [4.78, 5) is 22.7. The maximum absolute atomic E-state index is 13.6. The van der Waals surface area contributed by atoms with Gasteiger partial charge in [0.2, 0.25) is 0 Å².